The van der Waals surface area contributed by atoms with Crippen molar-refractivity contribution in [1.29, 1.82) is 0 Å². The maximum absolute atomic E-state index is 13.0. The van der Waals surface area contributed by atoms with Crippen molar-refractivity contribution >= 4 is 34.1 Å². The third-order valence-electron chi connectivity index (χ3n) is 4.67. The minimum atomic E-state index is -0.376. The van der Waals surface area contributed by atoms with Gasteiger partial charge in [0.15, 0.2) is 0 Å². The van der Waals surface area contributed by atoms with Crippen molar-refractivity contribution in [3.8, 4) is 16.9 Å². The number of nitrogens with zero attached hydrogens (tertiary/aromatic N) is 3. The molecule has 7 heteroatoms. The van der Waals surface area contributed by atoms with E-state index < -0.39 is 0 Å². The van der Waals surface area contributed by atoms with Crippen LogP contribution < -0.4 is 11.2 Å². The highest BCUT2D eigenvalue weighted by atomic mass is 35.5. The normalized spacial score (nSPS) is 11.3. The lowest BCUT2D eigenvalue weighted by molar-refractivity contribution is 0.714. The topological polar surface area (TPSA) is 48.9 Å². The van der Waals surface area contributed by atoms with Gasteiger partial charge in [-0.05, 0) is 23.8 Å². The van der Waals surface area contributed by atoms with Crippen molar-refractivity contribution in [3.05, 3.63) is 85.6 Å². The number of aryl methyl sites for hydroxylation is 1. The molecular formula is C20H15Cl2N3O2. The maximum atomic E-state index is 13.0. The van der Waals surface area contributed by atoms with Crippen LogP contribution in [-0.2, 0) is 14.1 Å². The molecule has 4 rings (SSSR count). The van der Waals surface area contributed by atoms with Crippen LogP contribution in [0.5, 0.6) is 0 Å². The zero-order valence-electron chi connectivity index (χ0n) is 14.6. The molecule has 136 valence electrons. The van der Waals surface area contributed by atoms with E-state index in [4.69, 9.17) is 23.2 Å². The van der Waals surface area contributed by atoms with Crippen molar-refractivity contribution in [3.63, 3.8) is 0 Å². The van der Waals surface area contributed by atoms with Gasteiger partial charge in [-0.2, -0.15) is 0 Å². The second kappa shape index (κ2) is 6.44. The summed E-state index contributed by atoms with van der Waals surface area (Å²) in [7, 11) is 3.13. The Hall–Kier alpha value is -2.76. The van der Waals surface area contributed by atoms with E-state index >= 15 is 0 Å². The van der Waals surface area contributed by atoms with Gasteiger partial charge in [-0.25, -0.2) is 4.79 Å². The fourth-order valence-electron chi connectivity index (χ4n) is 3.26. The van der Waals surface area contributed by atoms with E-state index in [9.17, 15) is 9.59 Å². The first-order chi connectivity index (χ1) is 12.9. The van der Waals surface area contributed by atoms with Crippen molar-refractivity contribution in [1.82, 2.24) is 13.7 Å². The number of hydrogen-bond donors (Lipinski definition) is 0. The average Bonchev–Trinajstić information content (AvgIpc) is 3.08. The van der Waals surface area contributed by atoms with Gasteiger partial charge in [-0.1, -0.05) is 53.5 Å². The van der Waals surface area contributed by atoms with E-state index in [1.54, 1.807) is 25.4 Å². The Balaban J connectivity index is 2.21. The molecule has 0 spiro atoms. The quantitative estimate of drug-likeness (QED) is 0.511. The predicted octanol–water partition coefficient (Wildman–Crippen LogP) is 4.00. The van der Waals surface area contributed by atoms with Gasteiger partial charge in [0.05, 0.1) is 26.6 Å². The highest BCUT2D eigenvalue weighted by Gasteiger charge is 2.20. The molecule has 0 saturated carbocycles. The van der Waals surface area contributed by atoms with Gasteiger partial charge >= 0.3 is 5.69 Å². The Morgan fingerprint density at radius 3 is 2.22 bits per heavy atom. The van der Waals surface area contributed by atoms with E-state index in [0.717, 1.165) is 15.8 Å². The molecule has 0 amide bonds. The van der Waals surface area contributed by atoms with E-state index in [2.05, 4.69) is 0 Å². The Bertz CT molecular complexity index is 1300. The number of halogens is 2. The predicted molar refractivity (Wildman–Crippen MR) is 109 cm³/mol. The van der Waals surface area contributed by atoms with Crippen molar-refractivity contribution in [2.24, 2.45) is 14.1 Å². The third-order valence-corrected chi connectivity index (χ3v) is 5.41. The fraction of sp³-hybridized carbons (Fsp3) is 0.100. The Morgan fingerprint density at radius 1 is 0.852 bits per heavy atom. The summed E-state index contributed by atoms with van der Waals surface area (Å²) in [6.45, 7) is 0. The molecule has 0 aliphatic carbocycles. The van der Waals surface area contributed by atoms with E-state index in [1.807, 2.05) is 41.0 Å². The molecule has 0 aliphatic rings. The summed E-state index contributed by atoms with van der Waals surface area (Å²) in [4.78, 5) is 25.3. The summed E-state index contributed by atoms with van der Waals surface area (Å²) in [6, 6.07) is 14.8. The first-order valence-corrected chi connectivity index (χ1v) is 8.97. The monoisotopic (exact) mass is 399 g/mol. The Morgan fingerprint density at radius 2 is 1.56 bits per heavy atom. The molecule has 2 heterocycles. The minimum Gasteiger partial charge on any atom is -0.314 e. The SMILES string of the molecule is Cn1c(=O)c2c(-c3ccccc3)n(-c3ccc(Cl)c(Cl)c3)cc2n(C)c1=O. The summed E-state index contributed by atoms with van der Waals surface area (Å²) in [5, 5.41) is 1.33. The van der Waals surface area contributed by atoms with Crippen LogP contribution in [0.25, 0.3) is 27.8 Å². The number of benzene rings is 2. The third kappa shape index (κ3) is 2.71. The lowest BCUT2D eigenvalue weighted by Gasteiger charge is -2.11. The van der Waals surface area contributed by atoms with Crippen molar-refractivity contribution in [2.45, 2.75) is 0 Å². The molecule has 2 aromatic carbocycles. The second-order valence-electron chi connectivity index (χ2n) is 6.28. The summed E-state index contributed by atoms with van der Waals surface area (Å²) in [5.41, 5.74) is 2.13. The van der Waals surface area contributed by atoms with Crippen LogP contribution >= 0.6 is 23.2 Å². The molecule has 0 saturated heterocycles. The van der Waals surface area contributed by atoms with Gasteiger partial charge in [0, 0.05) is 26.0 Å². The number of rotatable bonds is 2. The van der Waals surface area contributed by atoms with Gasteiger partial charge in [0.2, 0.25) is 0 Å². The molecule has 5 nitrogen and oxygen atoms in total. The molecule has 0 fully saturated rings. The van der Waals surface area contributed by atoms with Gasteiger partial charge in [-0.3, -0.25) is 13.9 Å². The smallest absolute Gasteiger partial charge is 0.314 e. The molecule has 27 heavy (non-hydrogen) atoms. The van der Waals surface area contributed by atoms with Crippen LogP contribution in [0.2, 0.25) is 10.0 Å². The van der Waals surface area contributed by atoms with Crippen molar-refractivity contribution < 1.29 is 0 Å². The highest BCUT2D eigenvalue weighted by Crippen LogP contribution is 2.32. The largest absolute Gasteiger partial charge is 0.330 e. The first kappa shape index (κ1) is 17.6. The first-order valence-electron chi connectivity index (χ1n) is 8.22. The molecule has 0 bridgehead atoms. The Labute approximate surface area is 164 Å². The van der Waals surface area contributed by atoms with Crippen LogP contribution in [0.4, 0.5) is 0 Å². The molecular weight excluding hydrogens is 385 g/mol. The fourth-order valence-corrected chi connectivity index (χ4v) is 3.55. The van der Waals surface area contributed by atoms with Gasteiger partial charge < -0.3 is 4.57 Å². The summed E-state index contributed by atoms with van der Waals surface area (Å²) < 4.78 is 4.45. The number of fused-ring (bicyclic) bond motifs is 1. The van der Waals surface area contributed by atoms with Gasteiger partial charge in [0.1, 0.15) is 0 Å². The van der Waals surface area contributed by atoms with Crippen LogP contribution in [0, 0.1) is 0 Å². The summed E-state index contributed by atoms with van der Waals surface area (Å²) in [6.07, 6.45) is 1.78. The summed E-state index contributed by atoms with van der Waals surface area (Å²) >= 11 is 12.3. The molecule has 0 unspecified atom stereocenters. The van der Waals surface area contributed by atoms with E-state index in [1.165, 1.54) is 11.6 Å². The zero-order valence-corrected chi connectivity index (χ0v) is 16.1. The highest BCUT2D eigenvalue weighted by molar-refractivity contribution is 6.42. The van der Waals surface area contributed by atoms with Crippen LogP contribution in [0.1, 0.15) is 0 Å². The Kier molecular flexibility index (Phi) is 4.21. The van der Waals surface area contributed by atoms with Crippen LogP contribution in [0.15, 0.2) is 64.3 Å². The van der Waals surface area contributed by atoms with Gasteiger partial charge in [-0.15, -0.1) is 0 Å². The standard InChI is InChI=1S/C20H15Cl2N3O2/c1-23-16-11-25(13-8-9-14(21)15(22)10-13)18(12-6-4-3-5-7-12)17(16)19(26)24(2)20(23)27/h3-11H,1-2H3. The average molecular weight is 400 g/mol. The number of hydrogen-bond acceptors (Lipinski definition) is 2. The second-order valence-corrected chi connectivity index (χ2v) is 7.09. The lowest BCUT2D eigenvalue weighted by atomic mass is 10.1. The van der Waals surface area contributed by atoms with E-state index in [-0.39, 0.29) is 11.2 Å². The van der Waals surface area contributed by atoms with E-state index in [0.29, 0.717) is 26.6 Å². The molecule has 0 radical (unpaired) electrons. The number of aromatic nitrogens is 3. The lowest BCUT2D eigenvalue weighted by Crippen LogP contribution is -2.36. The maximum Gasteiger partial charge on any atom is 0.330 e. The summed E-state index contributed by atoms with van der Waals surface area (Å²) in [5.74, 6) is 0. The molecule has 0 atom stereocenters. The zero-order chi connectivity index (χ0) is 19.3. The molecule has 4 aromatic rings. The molecule has 0 N–H and O–H groups in total. The van der Waals surface area contributed by atoms with Crippen LogP contribution in [-0.4, -0.2) is 13.7 Å². The van der Waals surface area contributed by atoms with Crippen molar-refractivity contribution in [2.75, 3.05) is 0 Å². The van der Waals surface area contributed by atoms with Crippen LogP contribution in [0.3, 0.4) is 0 Å². The minimum absolute atomic E-state index is 0.342. The molecule has 2 aromatic heterocycles. The molecule has 0 aliphatic heterocycles. The van der Waals surface area contributed by atoms with Gasteiger partial charge in [0.25, 0.3) is 5.56 Å².